The molecule has 4 rings (SSSR count). The van der Waals surface area contributed by atoms with Gasteiger partial charge in [-0.2, -0.15) is 0 Å². The second-order valence-corrected chi connectivity index (χ2v) is 9.12. The van der Waals surface area contributed by atoms with Crippen molar-refractivity contribution in [3.05, 3.63) is 55.9 Å². The summed E-state index contributed by atoms with van der Waals surface area (Å²) in [4.78, 5) is 32.3. The minimum Gasteiger partial charge on any atom is -0.324 e. The molecule has 0 saturated heterocycles. The topological polar surface area (TPSA) is 64.0 Å². The molecule has 2 aromatic heterocycles. The molecule has 1 N–H and O–H groups in total. The number of carbonyl (C=O) groups excluding carboxylic acids is 1. The number of nitrogens with one attached hydrogen (secondary N) is 1. The normalized spacial score (nSPS) is 16.2. The second kappa shape index (κ2) is 7.17. The van der Waals surface area contributed by atoms with Gasteiger partial charge in [0, 0.05) is 10.6 Å². The van der Waals surface area contributed by atoms with Crippen molar-refractivity contribution < 1.29 is 4.79 Å². The summed E-state index contributed by atoms with van der Waals surface area (Å²) >= 11 is 1.63. The molecule has 2 heterocycles. The highest BCUT2D eigenvalue weighted by molar-refractivity contribution is 7.18. The Labute approximate surface area is 168 Å². The number of rotatable bonds is 3. The van der Waals surface area contributed by atoms with E-state index in [9.17, 15) is 9.59 Å². The fourth-order valence-electron chi connectivity index (χ4n) is 4.19. The Morgan fingerprint density at radius 3 is 2.71 bits per heavy atom. The van der Waals surface area contributed by atoms with E-state index < -0.39 is 0 Å². The summed E-state index contributed by atoms with van der Waals surface area (Å²) in [6.07, 6.45) is 4.54. The van der Waals surface area contributed by atoms with E-state index in [1.165, 1.54) is 15.8 Å². The zero-order valence-corrected chi connectivity index (χ0v) is 17.6. The third-order valence-corrected chi connectivity index (χ3v) is 6.70. The lowest BCUT2D eigenvalue weighted by molar-refractivity contribution is -0.116. The van der Waals surface area contributed by atoms with Crippen LogP contribution in [0.2, 0.25) is 0 Å². The number of amides is 1. The first-order valence-corrected chi connectivity index (χ1v) is 10.5. The van der Waals surface area contributed by atoms with Crippen molar-refractivity contribution in [2.24, 2.45) is 5.92 Å². The molecule has 1 atom stereocenters. The van der Waals surface area contributed by atoms with Crippen LogP contribution in [0.3, 0.4) is 0 Å². The van der Waals surface area contributed by atoms with Crippen LogP contribution in [0.25, 0.3) is 10.2 Å². The van der Waals surface area contributed by atoms with E-state index in [1.54, 1.807) is 11.3 Å². The van der Waals surface area contributed by atoms with E-state index in [4.69, 9.17) is 0 Å². The van der Waals surface area contributed by atoms with E-state index in [0.717, 1.165) is 52.0 Å². The lowest BCUT2D eigenvalue weighted by Crippen LogP contribution is -2.28. The molecule has 0 fully saturated rings. The molecule has 1 aliphatic carbocycles. The Bertz CT molecular complexity index is 1120. The number of benzene rings is 1. The predicted molar refractivity (Wildman–Crippen MR) is 114 cm³/mol. The summed E-state index contributed by atoms with van der Waals surface area (Å²) in [6.45, 7) is 8.21. The summed E-state index contributed by atoms with van der Waals surface area (Å²) in [5.41, 5.74) is 5.07. The quantitative estimate of drug-likeness (QED) is 0.725. The van der Waals surface area contributed by atoms with E-state index in [0.29, 0.717) is 11.3 Å². The van der Waals surface area contributed by atoms with E-state index in [2.05, 4.69) is 17.2 Å². The summed E-state index contributed by atoms with van der Waals surface area (Å²) in [7, 11) is 0. The van der Waals surface area contributed by atoms with Crippen molar-refractivity contribution in [3.8, 4) is 0 Å². The molecule has 0 bridgehead atoms. The van der Waals surface area contributed by atoms with Gasteiger partial charge in [0.2, 0.25) is 5.91 Å². The van der Waals surface area contributed by atoms with Gasteiger partial charge in [-0.15, -0.1) is 11.3 Å². The first-order valence-electron chi connectivity index (χ1n) is 9.71. The van der Waals surface area contributed by atoms with Gasteiger partial charge in [-0.25, -0.2) is 4.98 Å². The minimum atomic E-state index is -0.212. The van der Waals surface area contributed by atoms with Gasteiger partial charge in [-0.1, -0.05) is 24.6 Å². The number of nitrogens with zero attached hydrogens (tertiary/aromatic N) is 2. The standard InChI is InChI=1S/C22H25N3O2S/c1-12-5-6-16-17(9-12)28-21-19(16)22(27)25(11-23-21)10-18(26)24-20-14(3)7-13(2)8-15(20)4/h7-8,11-12H,5-6,9-10H2,1-4H3,(H,24,26)/t12-/m0/s1. The largest absolute Gasteiger partial charge is 0.324 e. The fourth-order valence-corrected chi connectivity index (χ4v) is 5.53. The Hall–Kier alpha value is -2.47. The molecule has 1 aromatic carbocycles. The fraction of sp³-hybridized carbons (Fsp3) is 0.409. The molecular formula is C22H25N3O2S. The zero-order chi connectivity index (χ0) is 20.0. The Kier molecular flexibility index (Phi) is 4.83. The van der Waals surface area contributed by atoms with Gasteiger partial charge >= 0.3 is 0 Å². The number of thiophene rings is 1. The van der Waals surface area contributed by atoms with Crippen LogP contribution in [0.5, 0.6) is 0 Å². The van der Waals surface area contributed by atoms with Gasteiger partial charge in [-0.3, -0.25) is 14.2 Å². The van der Waals surface area contributed by atoms with Crippen LogP contribution in [-0.4, -0.2) is 15.5 Å². The summed E-state index contributed by atoms with van der Waals surface area (Å²) in [5.74, 6) is 0.436. The van der Waals surface area contributed by atoms with Crippen molar-refractivity contribution in [2.45, 2.75) is 53.5 Å². The Balaban J connectivity index is 1.63. The molecule has 28 heavy (non-hydrogen) atoms. The molecule has 6 heteroatoms. The van der Waals surface area contributed by atoms with Gasteiger partial charge < -0.3 is 5.32 Å². The predicted octanol–water partition coefficient (Wildman–Crippen LogP) is 4.15. The maximum absolute atomic E-state index is 13.1. The molecule has 0 aliphatic heterocycles. The van der Waals surface area contributed by atoms with Gasteiger partial charge in [0.1, 0.15) is 11.4 Å². The molecule has 1 aliphatic rings. The lowest BCUT2D eigenvalue weighted by Gasteiger charge is -2.17. The summed E-state index contributed by atoms with van der Waals surface area (Å²) in [5, 5.41) is 3.68. The van der Waals surface area contributed by atoms with Crippen LogP contribution in [0.4, 0.5) is 5.69 Å². The SMILES string of the molecule is Cc1cc(C)c(NC(=O)Cn2cnc3sc4c(c3c2=O)CC[C@H](C)C4)c(C)c1. The highest BCUT2D eigenvalue weighted by atomic mass is 32.1. The number of aryl methyl sites for hydroxylation is 4. The monoisotopic (exact) mass is 395 g/mol. The third kappa shape index (κ3) is 3.37. The van der Waals surface area contributed by atoms with Gasteiger partial charge in [0.25, 0.3) is 5.56 Å². The van der Waals surface area contributed by atoms with Crippen molar-refractivity contribution in [1.29, 1.82) is 0 Å². The van der Waals surface area contributed by atoms with Crippen molar-refractivity contribution in [1.82, 2.24) is 9.55 Å². The average Bonchev–Trinajstić information content (AvgIpc) is 2.98. The number of carbonyl (C=O) groups is 1. The lowest BCUT2D eigenvalue weighted by atomic mass is 9.89. The van der Waals surface area contributed by atoms with Crippen molar-refractivity contribution in [2.75, 3.05) is 5.32 Å². The van der Waals surface area contributed by atoms with Gasteiger partial charge in [0.05, 0.1) is 11.7 Å². The van der Waals surface area contributed by atoms with Gasteiger partial charge in [-0.05, 0) is 62.6 Å². The van der Waals surface area contributed by atoms with Crippen LogP contribution < -0.4 is 10.9 Å². The molecule has 146 valence electrons. The first-order chi connectivity index (χ1) is 13.3. The molecule has 0 spiro atoms. The average molecular weight is 396 g/mol. The van der Waals surface area contributed by atoms with Gasteiger partial charge in [0.15, 0.2) is 0 Å². The molecule has 0 unspecified atom stereocenters. The smallest absolute Gasteiger partial charge is 0.262 e. The van der Waals surface area contributed by atoms with Crippen molar-refractivity contribution >= 4 is 33.1 Å². The number of fused-ring (bicyclic) bond motifs is 3. The van der Waals surface area contributed by atoms with Crippen LogP contribution >= 0.6 is 11.3 Å². The minimum absolute atomic E-state index is 0.0322. The van der Waals surface area contributed by atoms with E-state index >= 15 is 0 Å². The molecule has 0 radical (unpaired) electrons. The maximum atomic E-state index is 13.1. The summed E-state index contributed by atoms with van der Waals surface area (Å²) < 4.78 is 1.43. The molecule has 1 amide bonds. The van der Waals surface area contributed by atoms with Crippen LogP contribution in [-0.2, 0) is 24.2 Å². The number of hydrogen-bond donors (Lipinski definition) is 1. The third-order valence-electron chi connectivity index (χ3n) is 5.54. The Morgan fingerprint density at radius 1 is 1.29 bits per heavy atom. The highest BCUT2D eigenvalue weighted by Crippen LogP contribution is 2.35. The molecule has 3 aromatic rings. The van der Waals surface area contributed by atoms with Crippen LogP contribution in [0, 0.1) is 26.7 Å². The Morgan fingerprint density at radius 2 is 2.00 bits per heavy atom. The highest BCUT2D eigenvalue weighted by Gasteiger charge is 2.23. The number of anilines is 1. The number of aromatic nitrogens is 2. The first kappa shape index (κ1) is 18.9. The number of hydrogen-bond acceptors (Lipinski definition) is 4. The molecule has 5 nitrogen and oxygen atoms in total. The second-order valence-electron chi connectivity index (χ2n) is 8.03. The zero-order valence-electron chi connectivity index (χ0n) is 16.8. The van der Waals surface area contributed by atoms with Crippen molar-refractivity contribution in [3.63, 3.8) is 0 Å². The van der Waals surface area contributed by atoms with Crippen LogP contribution in [0.15, 0.2) is 23.3 Å². The maximum Gasteiger partial charge on any atom is 0.262 e. The molecule has 0 saturated carbocycles. The summed E-state index contributed by atoms with van der Waals surface area (Å²) in [6, 6.07) is 4.09. The van der Waals surface area contributed by atoms with E-state index in [-0.39, 0.29) is 18.0 Å². The molecular weight excluding hydrogens is 370 g/mol. The van der Waals surface area contributed by atoms with E-state index in [1.807, 2.05) is 32.9 Å². The van der Waals surface area contributed by atoms with Crippen LogP contribution in [0.1, 0.15) is 40.5 Å².